The van der Waals surface area contributed by atoms with Crippen LogP contribution < -0.4 is 5.32 Å². The van der Waals surface area contributed by atoms with Crippen LogP contribution in [0.3, 0.4) is 0 Å². The molecule has 0 spiro atoms. The lowest BCUT2D eigenvalue weighted by molar-refractivity contribution is 0.864. The van der Waals surface area contributed by atoms with Crippen molar-refractivity contribution < 1.29 is 0 Å². The highest BCUT2D eigenvalue weighted by Crippen LogP contribution is 2.24. The lowest BCUT2D eigenvalue weighted by atomic mass is 10.0. The fraction of sp³-hybridized carbons (Fsp3) is 0.250. The Morgan fingerprint density at radius 3 is 2.33 bits per heavy atom. The molecule has 0 aliphatic heterocycles. The monoisotopic (exact) mass is 339 g/mol. The first-order chi connectivity index (χ1) is 11.5. The van der Waals surface area contributed by atoms with Gasteiger partial charge in [-0.1, -0.05) is 61.8 Å². The molecule has 1 N–H and O–H groups in total. The normalized spacial score (nSPS) is 11.0. The molecule has 1 aromatic heterocycles. The van der Waals surface area contributed by atoms with E-state index in [1.165, 1.54) is 11.1 Å². The number of halogens is 1. The van der Waals surface area contributed by atoms with Crippen LogP contribution in [-0.2, 0) is 13.6 Å². The second-order valence-corrected chi connectivity index (χ2v) is 6.72. The Bertz CT molecular complexity index is 802. The highest BCUT2D eigenvalue weighted by molar-refractivity contribution is 6.30. The number of anilines is 1. The zero-order valence-corrected chi connectivity index (χ0v) is 15.0. The Morgan fingerprint density at radius 1 is 1.04 bits per heavy atom. The van der Waals surface area contributed by atoms with E-state index >= 15 is 0 Å². The predicted octanol–water partition coefficient (Wildman–Crippen LogP) is 5.48. The second kappa shape index (κ2) is 7.10. The maximum Gasteiger partial charge on any atom is 0.203 e. The van der Waals surface area contributed by atoms with Gasteiger partial charge in [0.2, 0.25) is 5.95 Å². The van der Waals surface area contributed by atoms with Crippen molar-refractivity contribution in [2.45, 2.75) is 26.3 Å². The summed E-state index contributed by atoms with van der Waals surface area (Å²) in [5.41, 5.74) is 4.77. The summed E-state index contributed by atoms with van der Waals surface area (Å²) >= 11 is 5.96. The van der Waals surface area contributed by atoms with Crippen molar-refractivity contribution >= 4 is 17.5 Å². The SMILES string of the molecule is CC(C)c1ccc(CNc2ncc(-c3ccc(Cl)cc3)n2C)cc1. The molecule has 3 aromatic rings. The molecule has 2 aromatic carbocycles. The first kappa shape index (κ1) is 16.6. The summed E-state index contributed by atoms with van der Waals surface area (Å²) in [6, 6.07) is 16.5. The third kappa shape index (κ3) is 3.62. The third-order valence-electron chi connectivity index (χ3n) is 4.23. The van der Waals surface area contributed by atoms with E-state index in [-0.39, 0.29) is 0 Å². The molecule has 0 amide bonds. The van der Waals surface area contributed by atoms with Gasteiger partial charge in [-0.3, -0.25) is 0 Å². The molecular formula is C20H22ClN3. The van der Waals surface area contributed by atoms with Gasteiger partial charge in [0, 0.05) is 18.6 Å². The first-order valence-corrected chi connectivity index (χ1v) is 8.53. The molecule has 3 nitrogen and oxygen atoms in total. The van der Waals surface area contributed by atoms with Gasteiger partial charge in [0.1, 0.15) is 0 Å². The molecule has 3 rings (SSSR count). The Kier molecular flexibility index (Phi) is 4.91. The van der Waals surface area contributed by atoms with E-state index in [9.17, 15) is 0 Å². The number of hydrogen-bond acceptors (Lipinski definition) is 2. The summed E-state index contributed by atoms with van der Waals surface area (Å²) < 4.78 is 2.06. The number of aromatic nitrogens is 2. The Morgan fingerprint density at radius 2 is 1.71 bits per heavy atom. The van der Waals surface area contributed by atoms with Gasteiger partial charge < -0.3 is 9.88 Å². The van der Waals surface area contributed by atoms with E-state index in [1.54, 1.807) is 0 Å². The highest BCUT2D eigenvalue weighted by atomic mass is 35.5. The average Bonchev–Trinajstić information content (AvgIpc) is 2.95. The van der Waals surface area contributed by atoms with Crippen LogP contribution in [0.2, 0.25) is 5.02 Å². The molecule has 0 unspecified atom stereocenters. The molecule has 0 atom stereocenters. The van der Waals surface area contributed by atoms with E-state index < -0.39 is 0 Å². The van der Waals surface area contributed by atoms with Gasteiger partial charge in [0.15, 0.2) is 0 Å². The molecule has 0 fully saturated rings. The van der Waals surface area contributed by atoms with Crippen molar-refractivity contribution in [1.29, 1.82) is 0 Å². The fourth-order valence-corrected chi connectivity index (χ4v) is 2.79. The summed E-state index contributed by atoms with van der Waals surface area (Å²) in [5, 5.41) is 4.15. The number of benzene rings is 2. The second-order valence-electron chi connectivity index (χ2n) is 6.28. The zero-order chi connectivity index (χ0) is 17.1. The standard InChI is InChI=1S/C20H22ClN3/c1-14(2)16-6-4-15(5-7-16)12-22-20-23-13-19(24(20)3)17-8-10-18(21)11-9-17/h4-11,13-14H,12H2,1-3H3,(H,22,23). The van der Waals surface area contributed by atoms with Crippen LogP contribution in [0.4, 0.5) is 5.95 Å². The molecule has 0 radical (unpaired) electrons. The lowest BCUT2D eigenvalue weighted by Gasteiger charge is -2.10. The van der Waals surface area contributed by atoms with Crippen molar-refractivity contribution in [3.63, 3.8) is 0 Å². The summed E-state index contributed by atoms with van der Waals surface area (Å²) in [6.07, 6.45) is 1.88. The van der Waals surface area contributed by atoms with Crippen molar-refractivity contribution in [2.24, 2.45) is 7.05 Å². The first-order valence-electron chi connectivity index (χ1n) is 8.15. The van der Waals surface area contributed by atoms with Crippen LogP contribution in [0.1, 0.15) is 30.9 Å². The molecule has 1 heterocycles. The van der Waals surface area contributed by atoms with Crippen LogP contribution in [0.5, 0.6) is 0 Å². The summed E-state index contributed by atoms with van der Waals surface area (Å²) in [5.74, 6) is 1.41. The minimum atomic E-state index is 0.559. The van der Waals surface area contributed by atoms with Gasteiger partial charge in [-0.2, -0.15) is 0 Å². The minimum absolute atomic E-state index is 0.559. The van der Waals surface area contributed by atoms with E-state index in [0.717, 1.165) is 28.8 Å². The van der Waals surface area contributed by atoms with Gasteiger partial charge in [0.25, 0.3) is 0 Å². The number of nitrogens with zero attached hydrogens (tertiary/aromatic N) is 2. The molecule has 0 aliphatic rings. The largest absolute Gasteiger partial charge is 0.352 e. The Balaban J connectivity index is 1.71. The van der Waals surface area contributed by atoms with E-state index in [2.05, 4.69) is 53.0 Å². The minimum Gasteiger partial charge on any atom is -0.352 e. The molecule has 4 heteroatoms. The maximum absolute atomic E-state index is 5.96. The van der Waals surface area contributed by atoms with Crippen molar-refractivity contribution in [3.05, 3.63) is 70.9 Å². The number of rotatable bonds is 5. The van der Waals surface area contributed by atoms with Gasteiger partial charge in [-0.25, -0.2) is 4.98 Å². The lowest BCUT2D eigenvalue weighted by Crippen LogP contribution is -2.05. The molecule has 0 saturated carbocycles. The molecule has 124 valence electrons. The van der Waals surface area contributed by atoms with Crippen molar-refractivity contribution in [3.8, 4) is 11.3 Å². The molecule has 24 heavy (non-hydrogen) atoms. The van der Waals surface area contributed by atoms with Gasteiger partial charge >= 0.3 is 0 Å². The van der Waals surface area contributed by atoms with Crippen molar-refractivity contribution in [2.75, 3.05) is 5.32 Å². The van der Waals surface area contributed by atoms with E-state index in [4.69, 9.17) is 11.6 Å². The van der Waals surface area contributed by atoms with E-state index in [1.807, 2.05) is 37.5 Å². The summed E-state index contributed by atoms with van der Waals surface area (Å²) in [7, 11) is 2.02. The summed E-state index contributed by atoms with van der Waals surface area (Å²) in [4.78, 5) is 4.49. The fourth-order valence-electron chi connectivity index (χ4n) is 2.66. The predicted molar refractivity (Wildman–Crippen MR) is 102 cm³/mol. The van der Waals surface area contributed by atoms with Crippen LogP contribution >= 0.6 is 11.6 Å². The van der Waals surface area contributed by atoms with Gasteiger partial charge in [0.05, 0.1) is 11.9 Å². The van der Waals surface area contributed by atoms with Gasteiger partial charge in [-0.05, 0) is 34.7 Å². The molecule has 0 aliphatic carbocycles. The third-order valence-corrected chi connectivity index (χ3v) is 4.48. The van der Waals surface area contributed by atoms with Crippen LogP contribution in [-0.4, -0.2) is 9.55 Å². The number of nitrogens with one attached hydrogen (secondary N) is 1. The average molecular weight is 340 g/mol. The van der Waals surface area contributed by atoms with Crippen LogP contribution in [0, 0.1) is 0 Å². The van der Waals surface area contributed by atoms with E-state index in [0.29, 0.717) is 5.92 Å². The summed E-state index contributed by atoms with van der Waals surface area (Å²) in [6.45, 7) is 5.17. The topological polar surface area (TPSA) is 29.9 Å². The maximum atomic E-state index is 5.96. The smallest absolute Gasteiger partial charge is 0.203 e. The molecule has 0 saturated heterocycles. The Hall–Kier alpha value is -2.26. The van der Waals surface area contributed by atoms with Crippen LogP contribution in [0.25, 0.3) is 11.3 Å². The number of hydrogen-bond donors (Lipinski definition) is 1. The van der Waals surface area contributed by atoms with Crippen molar-refractivity contribution in [1.82, 2.24) is 9.55 Å². The zero-order valence-electron chi connectivity index (χ0n) is 14.3. The highest BCUT2D eigenvalue weighted by Gasteiger charge is 2.08. The van der Waals surface area contributed by atoms with Crippen LogP contribution in [0.15, 0.2) is 54.7 Å². The molecule has 0 bridgehead atoms. The quantitative estimate of drug-likeness (QED) is 0.667. The molecular weight excluding hydrogens is 318 g/mol. The number of imidazole rings is 1. The van der Waals surface area contributed by atoms with Gasteiger partial charge in [-0.15, -0.1) is 0 Å². The Labute approximate surface area is 148 Å².